The van der Waals surface area contributed by atoms with Gasteiger partial charge in [-0.15, -0.1) is 0 Å². The maximum absolute atomic E-state index is 5.79. The SMILES string of the molecule is CC1CC(C)(C)CC1N(C)CC1CNCCO1. The van der Waals surface area contributed by atoms with Crippen molar-refractivity contribution in [3.05, 3.63) is 0 Å². The van der Waals surface area contributed by atoms with Crippen LogP contribution in [0, 0.1) is 11.3 Å². The lowest BCUT2D eigenvalue weighted by molar-refractivity contribution is -0.000215. The molecule has 2 aliphatic rings. The van der Waals surface area contributed by atoms with Crippen molar-refractivity contribution in [3.63, 3.8) is 0 Å². The molecule has 0 aromatic carbocycles. The van der Waals surface area contributed by atoms with Gasteiger partial charge in [-0.05, 0) is 31.2 Å². The van der Waals surface area contributed by atoms with Gasteiger partial charge < -0.3 is 15.0 Å². The standard InChI is InChI=1S/C14H28N2O/c1-11-7-14(2,3)8-13(11)16(4)10-12-9-15-5-6-17-12/h11-13,15H,5-10H2,1-4H3. The van der Waals surface area contributed by atoms with Crippen LogP contribution in [0.25, 0.3) is 0 Å². The molecule has 3 heteroatoms. The Kier molecular flexibility index (Phi) is 4.11. The second kappa shape index (κ2) is 5.25. The third-order valence-corrected chi connectivity index (χ3v) is 4.36. The first-order chi connectivity index (χ1) is 7.98. The number of hydrogen-bond acceptors (Lipinski definition) is 3. The van der Waals surface area contributed by atoms with Crippen LogP contribution in [0.5, 0.6) is 0 Å². The van der Waals surface area contributed by atoms with Crippen molar-refractivity contribution in [2.45, 2.75) is 45.8 Å². The Morgan fingerprint density at radius 3 is 2.65 bits per heavy atom. The van der Waals surface area contributed by atoms with Crippen molar-refractivity contribution < 1.29 is 4.74 Å². The second-order valence-corrected chi connectivity index (χ2v) is 6.75. The molecule has 0 radical (unpaired) electrons. The van der Waals surface area contributed by atoms with Crippen LogP contribution in [0.15, 0.2) is 0 Å². The Morgan fingerprint density at radius 1 is 1.35 bits per heavy atom. The van der Waals surface area contributed by atoms with E-state index in [0.29, 0.717) is 11.5 Å². The van der Waals surface area contributed by atoms with Gasteiger partial charge in [0.25, 0.3) is 0 Å². The van der Waals surface area contributed by atoms with Crippen molar-refractivity contribution in [3.8, 4) is 0 Å². The summed E-state index contributed by atoms with van der Waals surface area (Å²) in [5.41, 5.74) is 0.518. The minimum Gasteiger partial charge on any atom is -0.374 e. The van der Waals surface area contributed by atoms with E-state index in [-0.39, 0.29) is 0 Å². The minimum atomic E-state index is 0.379. The van der Waals surface area contributed by atoms with Gasteiger partial charge in [0.2, 0.25) is 0 Å². The molecule has 1 aliphatic carbocycles. The fraction of sp³-hybridized carbons (Fsp3) is 1.00. The number of morpholine rings is 1. The smallest absolute Gasteiger partial charge is 0.0826 e. The topological polar surface area (TPSA) is 24.5 Å². The molecule has 1 heterocycles. The lowest BCUT2D eigenvalue weighted by Gasteiger charge is -2.33. The first-order valence-corrected chi connectivity index (χ1v) is 7.00. The van der Waals surface area contributed by atoms with E-state index in [9.17, 15) is 0 Å². The van der Waals surface area contributed by atoms with E-state index in [1.807, 2.05) is 0 Å². The van der Waals surface area contributed by atoms with Gasteiger partial charge in [0.1, 0.15) is 0 Å². The predicted octanol–water partition coefficient (Wildman–Crippen LogP) is 1.73. The average molecular weight is 240 g/mol. The highest BCUT2D eigenvalue weighted by atomic mass is 16.5. The maximum Gasteiger partial charge on any atom is 0.0826 e. The van der Waals surface area contributed by atoms with Gasteiger partial charge in [-0.1, -0.05) is 20.8 Å². The number of nitrogens with one attached hydrogen (secondary N) is 1. The van der Waals surface area contributed by atoms with Crippen molar-refractivity contribution >= 4 is 0 Å². The summed E-state index contributed by atoms with van der Waals surface area (Å²) in [4.78, 5) is 2.52. The van der Waals surface area contributed by atoms with Crippen LogP contribution >= 0.6 is 0 Å². The fourth-order valence-electron chi connectivity index (χ4n) is 3.64. The van der Waals surface area contributed by atoms with Crippen LogP contribution in [0.4, 0.5) is 0 Å². The summed E-state index contributed by atoms with van der Waals surface area (Å²) in [5.74, 6) is 0.812. The van der Waals surface area contributed by atoms with Crippen LogP contribution in [0.2, 0.25) is 0 Å². The van der Waals surface area contributed by atoms with Gasteiger partial charge in [0.15, 0.2) is 0 Å². The summed E-state index contributed by atoms with van der Waals surface area (Å²) in [5, 5.41) is 3.41. The minimum absolute atomic E-state index is 0.379. The van der Waals surface area contributed by atoms with E-state index in [1.165, 1.54) is 12.8 Å². The molecule has 3 nitrogen and oxygen atoms in total. The zero-order valence-electron chi connectivity index (χ0n) is 11.8. The molecule has 17 heavy (non-hydrogen) atoms. The van der Waals surface area contributed by atoms with Crippen LogP contribution in [0.1, 0.15) is 33.6 Å². The predicted molar refractivity (Wildman–Crippen MR) is 71.2 cm³/mol. The highest BCUT2D eigenvalue weighted by Crippen LogP contribution is 2.42. The van der Waals surface area contributed by atoms with Crippen LogP contribution in [0.3, 0.4) is 0 Å². The van der Waals surface area contributed by atoms with E-state index in [0.717, 1.165) is 38.2 Å². The summed E-state index contributed by atoms with van der Waals surface area (Å²) in [6.07, 6.45) is 3.06. The van der Waals surface area contributed by atoms with E-state index in [4.69, 9.17) is 4.74 Å². The largest absolute Gasteiger partial charge is 0.374 e. The van der Waals surface area contributed by atoms with Crippen molar-refractivity contribution in [1.82, 2.24) is 10.2 Å². The number of nitrogens with zero attached hydrogens (tertiary/aromatic N) is 1. The molecule has 1 aliphatic heterocycles. The van der Waals surface area contributed by atoms with E-state index < -0.39 is 0 Å². The molecule has 0 amide bonds. The Balaban J connectivity index is 1.85. The summed E-state index contributed by atoms with van der Waals surface area (Å²) in [7, 11) is 2.26. The molecule has 0 aromatic heterocycles. The molecule has 0 bridgehead atoms. The van der Waals surface area contributed by atoms with Crippen LogP contribution < -0.4 is 5.32 Å². The Hall–Kier alpha value is -0.120. The first kappa shape index (κ1) is 13.3. The van der Waals surface area contributed by atoms with Gasteiger partial charge in [-0.2, -0.15) is 0 Å². The molecule has 0 spiro atoms. The van der Waals surface area contributed by atoms with Crippen molar-refractivity contribution in [1.29, 1.82) is 0 Å². The molecule has 1 saturated heterocycles. The number of hydrogen-bond donors (Lipinski definition) is 1. The fourth-order valence-corrected chi connectivity index (χ4v) is 3.64. The molecule has 2 rings (SSSR count). The Morgan fingerprint density at radius 2 is 2.12 bits per heavy atom. The van der Waals surface area contributed by atoms with E-state index in [1.54, 1.807) is 0 Å². The Labute approximate surface area is 106 Å². The van der Waals surface area contributed by atoms with Gasteiger partial charge >= 0.3 is 0 Å². The number of likely N-dealkylation sites (N-methyl/N-ethyl adjacent to an activating group) is 1. The first-order valence-electron chi connectivity index (χ1n) is 7.00. The van der Waals surface area contributed by atoms with Gasteiger partial charge in [-0.3, -0.25) is 0 Å². The van der Waals surface area contributed by atoms with Crippen LogP contribution in [-0.2, 0) is 4.74 Å². The number of ether oxygens (including phenoxy) is 1. The monoisotopic (exact) mass is 240 g/mol. The van der Waals surface area contributed by atoms with Crippen molar-refractivity contribution in [2.75, 3.05) is 33.3 Å². The molecular formula is C14H28N2O. The maximum atomic E-state index is 5.79. The second-order valence-electron chi connectivity index (χ2n) is 6.75. The summed E-state index contributed by atoms with van der Waals surface area (Å²) >= 11 is 0. The molecule has 1 saturated carbocycles. The Bertz CT molecular complexity index is 249. The molecule has 3 unspecified atom stereocenters. The summed E-state index contributed by atoms with van der Waals surface area (Å²) in [6.45, 7) is 11.1. The van der Waals surface area contributed by atoms with Gasteiger partial charge in [-0.25, -0.2) is 0 Å². The molecule has 1 N–H and O–H groups in total. The van der Waals surface area contributed by atoms with Crippen LogP contribution in [-0.4, -0.2) is 50.3 Å². The third kappa shape index (κ3) is 3.43. The lowest BCUT2D eigenvalue weighted by Crippen LogP contribution is -2.47. The summed E-state index contributed by atoms with van der Waals surface area (Å²) in [6, 6.07) is 0.732. The zero-order chi connectivity index (χ0) is 12.5. The average Bonchev–Trinajstić information content (AvgIpc) is 2.54. The third-order valence-electron chi connectivity index (χ3n) is 4.36. The normalized spacial score (nSPS) is 37.6. The van der Waals surface area contributed by atoms with Gasteiger partial charge in [0.05, 0.1) is 12.7 Å². The summed E-state index contributed by atoms with van der Waals surface area (Å²) < 4.78 is 5.79. The molecule has 100 valence electrons. The van der Waals surface area contributed by atoms with Gasteiger partial charge in [0, 0.05) is 25.7 Å². The lowest BCUT2D eigenvalue weighted by atomic mass is 9.91. The molecule has 2 fully saturated rings. The van der Waals surface area contributed by atoms with E-state index >= 15 is 0 Å². The quantitative estimate of drug-likeness (QED) is 0.813. The van der Waals surface area contributed by atoms with E-state index in [2.05, 4.69) is 38.0 Å². The highest BCUT2D eigenvalue weighted by molar-refractivity contribution is 4.92. The number of rotatable bonds is 3. The van der Waals surface area contributed by atoms with Crippen molar-refractivity contribution in [2.24, 2.45) is 11.3 Å². The zero-order valence-corrected chi connectivity index (χ0v) is 11.8. The molecular weight excluding hydrogens is 212 g/mol. The molecule has 0 aromatic rings. The highest BCUT2D eigenvalue weighted by Gasteiger charge is 2.39. The molecule has 3 atom stereocenters.